The monoisotopic (exact) mass is 312 g/mol. The van der Waals surface area contributed by atoms with Crippen LogP contribution in [0.5, 0.6) is 0 Å². The maximum Gasteiger partial charge on any atom is 0.410 e. The van der Waals surface area contributed by atoms with E-state index < -0.39 is 6.18 Å². The highest BCUT2D eigenvalue weighted by Crippen LogP contribution is 2.23. The molecule has 1 aromatic carbocycles. The first-order valence-corrected chi connectivity index (χ1v) is 5.03. The first kappa shape index (κ1) is 11.6. The van der Waals surface area contributed by atoms with Crippen LogP contribution in [0.4, 0.5) is 13.2 Å². The third-order valence-corrected chi connectivity index (χ3v) is 2.23. The molecule has 0 aromatic heterocycles. The Labute approximate surface area is 94.0 Å². The van der Waals surface area contributed by atoms with Crippen LogP contribution in [0.1, 0.15) is 5.56 Å². The summed E-state index contributed by atoms with van der Waals surface area (Å²) in [5.41, 5.74) is 0.886. The van der Waals surface area contributed by atoms with Crippen molar-refractivity contribution < 1.29 is 13.2 Å². The number of alkyl halides is 3. The quantitative estimate of drug-likeness (QED) is 0.721. The maximum atomic E-state index is 11.9. The SMILES string of the molecule is FC(F)(F)C=C(I)Cc1ccccc1. The van der Waals surface area contributed by atoms with Crippen LogP contribution in [0, 0.1) is 0 Å². The van der Waals surface area contributed by atoms with Gasteiger partial charge in [-0.05, 0) is 31.7 Å². The van der Waals surface area contributed by atoms with Crippen LogP contribution in [0.25, 0.3) is 0 Å². The standard InChI is InChI=1S/C10H8F3I/c11-10(12,13)7-9(14)6-8-4-2-1-3-5-8/h1-5,7H,6H2. The van der Waals surface area contributed by atoms with Crippen LogP contribution < -0.4 is 0 Å². The molecule has 0 fully saturated rings. The van der Waals surface area contributed by atoms with E-state index in [1.54, 1.807) is 22.6 Å². The molecule has 4 heteroatoms. The molecular weight excluding hydrogens is 304 g/mol. The number of hydrogen-bond donors (Lipinski definition) is 0. The van der Waals surface area contributed by atoms with Gasteiger partial charge in [0.15, 0.2) is 0 Å². The number of benzene rings is 1. The number of hydrogen-bond acceptors (Lipinski definition) is 0. The van der Waals surface area contributed by atoms with Crippen molar-refractivity contribution in [1.82, 2.24) is 0 Å². The highest BCUT2D eigenvalue weighted by molar-refractivity contribution is 14.1. The third-order valence-electron chi connectivity index (χ3n) is 1.54. The number of halogens is 4. The molecule has 0 N–H and O–H groups in total. The molecule has 0 atom stereocenters. The average Bonchev–Trinajstić information content (AvgIpc) is 2.02. The van der Waals surface area contributed by atoms with Gasteiger partial charge in [-0.2, -0.15) is 13.2 Å². The molecule has 0 saturated carbocycles. The molecule has 1 aromatic rings. The molecule has 0 aliphatic rings. The lowest BCUT2D eigenvalue weighted by atomic mass is 10.1. The van der Waals surface area contributed by atoms with Gasteiger partial charge in [0.05, 0.1) is 0 Å². The Bertz CT molecular complexity index is 314. The highest BCUT2D eigenvalue weighted by Gasteiger charge is 2.23. The van der Waals surface area contributed by atoms with Crippen molar-refractivity contribution in [2.45, 2.75) is 12.6 Å². The summed E-state index contributed by atoms with van der Waals surface area (Å²) in [6.07, 6.45) is -3.55. The first-order valence-electron chi connectivity index (χ1n) is 3.95. The summed E-state index contributed by atoms with van der Waals surface area (Å²) >= 11 is 1.71. The fraction of sp³-hybridized carbons (Fsp3) is 0.200. The zero-order valence-corrected chi connectivity index (χ0v) is 9.34. The van der Waals surface area contributed by atoms with E-state index in [0.717, 1.165) is 5.56 Å². The predicted molar refractivity (Wildman–Crippen MR) is 58.3 cm³/mol. The summed E-state index contributed by atoms with van der Waals surface area (Å²) < 4.78 is 36.1. The van der Waals surface area contributed by atoms with Crippen LogP contribution >= 0.6 is 22.6 Å². The normalized spacial score (nSPS) is 13.0. The van der Waals surface area contributed by atoms with Gasteiger partial charge in [-0.25, -0.2) is 0 Å². The molecule has 0 bridgehead atoms. The Balaban J connectivity index is 2.67. The number of rotatable bonds is 2. The molecular formula is C10H8F3I. The Hall–Kier alpha value is -0.520. The Kier molecular flexibility index (Phi) is 3.97. The third kappa shape index (κ3) is 4.64. The van der Waals surface area contributed by atoms with Gasteiger partial charge in [-0.1, -0.05) is 30.3 Å². The molecule has 14 heavy (non-hydrogen) atoms. The summed E-state index contributed by atoms with van der Waals surface area (Å²) in [5.74, 6) is 0. The molecule has 0 aliphatic heterocycles. The molecule has 0 amide bonds. The van der Waals surface area contributed by atoms with E-state index in [-0.39, 0.29) is 0 Å². The van der Waals surface area contributed by atoms with Gasteiger partial charge >= 0.3 is 6.18 Å². The smallest absolute Gasteiger partial charge is 0.167 e. The van der Waals surface area contributed by atoms with E-state index in [4.69, 9.17) is 0 Å². The molecule has 0 radical (unpaired) electrons. The van der Waals surface area contributed by atoms with Gasteiger partial charge in [0.1, 0.15) is 0 Å². The minimum atomic E-state index is -4.22. The van der Waals surface area contributed by atoms with Crippen molar-refractivity contribution in [1.29, 1.82) is 0 Å². The zero-order valence-electron chi connectivity index (χ0n) is 7.18. The van der Waals surface area contributed by atoms with Crippen LogP contribution in [0.15, 0.2) is 40.0 Å². The fourth-order valence-corrected chi connectivity index (χ4v) is 1.81. The Morgan fingerprint density at radius 2 is 1.79 bits per heavy atom. The Morgan fingerprint density at radius 1 is 1.21 bits per heavy atom. The van der Waals surface area contributed by atoms with Gasteiger partial charge in [0.25, 0.3) is 0 Å². The first-order chi connectivity index (χ1) is 6.47. The summed E-state index contributed by atoms with van der Waals surface area (Å²) in [7, 11) is 0. The van der Waals surface area contributed by atoms with Crippen molar-refractivity contribution in [3.05, 3.63) is 45.6 Å². The minimum absolute atomic E-state index is 0.293. The second-order valence-electron chi connectivity index (χ2n) is 2.80. The predicted octanol–water partition coefficient (Wildman–Crippen LogP) is 4.11. The van der Waals surface area contributed by atoms with Crippen molar-refractivity contribution in [3.8, 4) is 0 Å². The lowest BCUT2D eigenvalue weighted by molar-refractivity contribution is -0.0800. The molecule has 0 aliphatic carbocycles. The number of allylic oxidation sites excluding steroid dienone is 2. The van der Waals surface area contributed by atoms with Crippen LogP contribution in [0.3, 0.4) is 0 Å². The molecule has 0 saturated heterocycles. The van der Waals surface area contributed by atoms with Crippen LogP contribution in [-0.4, -0.2) is 6.18 Å². The summed E-state index contributed by atoms with van der Waals surface area (Å²) in [4.78, 5) is 0. The molecule has 76 valence electrons. The second kappa shape index (κ2) is 4.82. The van der Waals surface area contributed by atoms with Gasteiger partial charge in [-0.15, -0.1) is 0 Å². The van der Waals surface area contributed by atoms with E-state index in [2.05, 4.69) is 0 Å². The van der Waals surface area contributed by atoms with E-state index in [0.29, 0.717) is 16.1 Å². The van der Waals surface area contributed by atoms with E-state index in [1.165, 1.54) is 0 Å². The molecule has 1 rings (SSSR count). The van der Waals surface area contributed by atoms with Crippen molar-refractivity contribution in [2.24, 2.45) is 0 Å². The second-order valence-corrected chi connectivity index (χ2v) is 4.18. The van der Waals surface area contributed by atoms with E-state index in [1.807, 2.05) is 30.3 Å². The highest BCUT2D eigenvalue weighted by atomic mass is 127. The lowest BCUT2D eigenvalue weighted by Gasteiger charge is -2.02. The summed E-state index contributed by atoms with van der Waals surface area (Å²) in [6.45, 7) is 0. The largest absolute Gasteiger partial charge is 0.410 e. The summed E-state index contributed by atoms with van der Waals surface area (Å²) in [5, 5.41) is 0. The van der Waals surface area contributed by atoms with Gasteiger partial charge in [0, 0.05) is 12.5 Å². The summed E-state index contributed by atoms with van der Waals surface area (Å²) in [6, 6.07) is 9.08. The van der Waals surface area contributed by atoms with Crippen molar-refractivity contribution in [2.75, 3.05) is 0 Å². The lowest BCUT2D eigenvalue weighted by Crippen LogP contribution is -2.02. The fourth-order valence-electron chi connectivity index (χ4n) is 1.02. The Morgan fingerprint density at radius 3 is 2.29 bits per heavy atom. The zero-order chi connectivity index (χ0) is 10.6. The maximum absolute atomic E-state index is 11.9. The minimum Gasteiger partial charge on any atom is -0.167 e. The van der Waals surface area contributed by atoms with Gasteiger partial charge in [-0.3, -0.25) is 0 Å². The van der Waals surface area contributed by atoms with E-state index >= 15 is 0 Å². The molecule has 0 nitrogen and oxygen atoms in total. The topological polar surface area (TPSA) is 0 Å². The van der Waals surface area contributed by atoms with Gasteiger partial charge in [0.2, 0.25) is 0 Å². The molecule has 0 spiro atoms. The molecule has 0 unspecified atom stereocenters. The molecule has 0 heterocycles. The van der Waals surface area contributed by atoms with Gasteiger partial charge < -0.3 is 0 Å². The van der Waals surface area contributed by atoms with Crippen LogP contribution in [-0.2, 0) is 6.42 Å². The van der Waals surface area contributed by atoms with Crippen molar-refractivity contribution >= 4 is 22.6 Å². The van der Waals surface area contributed by atoms with E-state index in [9.17, 15) is 13.2 Å². The van der Waals surface area contributed by atoms with Crippen LogP contribution in [0.2, 0.25) is 0 Å². The average molecular weight is 312 g/mol. The van der Waals surface area contributed by atoms with Crippen molar-refractivity contribution in [3.63, 3.8) is 0 Å².